The second kappa shape index (κ2) is 5.74. The van der Waals surface area contributed by atoms with Gasteiger partial charge in [0.25, 0.3) is 0 Å². The van der Waals surface area contributed by atoms with E-state index in [-0.39, 0.29) is 10.8 Å². The molecule has 1 unspecified atom stereocenters. The number of nitrogens with two attached hydrogens (primary N) is 1. The molecule has 20 heavy (non-hydrogen) atoms. The van der Waals surface area contributed by atoms with Crippen LogP contribution in [-0.2, 0) is 10.8 Å². The van der Waals surface area contributed by atoms with E-state index in [0.717, 1.165) is 17.7 Å². The lowest BCUT2D eigenvalue weighted by molar-refractivity contribution is 0.422. The number of hydrogen-bond donors (Lipinski definition) is 3. The fraction of sp³-hybridized carbons (Fsp3) is 0.647. The minimum Gasteiger partial charge on any atom is -0.507 e. The molecule has 0 aromatic heterocycles. The van der Waals surface area contributed by atoms with E-state index in [2.05, 4.69) is 66.0 Å². The van der Waals surface area contributed by atoms with Crippen molar-refractivity contribution in [3.63, 3.8) is 0 Å². The number of phenolic OH excluding ortho intramolecular Hbond substituents is 1. The summed E-state index contributed by atoms with van der Waals surface area (Å²) in [6, 6.07) is 4.24. The van der Waals surface area contributed by atoms with Gasteiger partial charge in [-0.1, -0.05) is 60.6 Å². The van der Waals surface area contributed by atoms with E-state index >= 15 is 0 Å². The second-order valence-electron chi connectivity index (χ2n) is 7.77. The zero-order valence-electron chi connectivity index (χ0n) is 14.0. The molecular weight excluding hydrogens is 248 g/mol. The molecule has 3 nitrogen and oxygen atoms in total. The van der Waals surface area contributed by atoms with E-state index in [1.165, 1.54) is 5.56 Å². The smallest absolute Gasteiger partial charge is 0.123 e. The molecule has 114 valence electrons. The molecular formula is C17H30N2O. The van der Waals surface area contributed by atoms with E-state index in [4.69, 9.17) is 5.84 Å². The number of benzene rings is 1. The largest absolute Gasteiger partial charge is 0.507 e. The number of nitrogens with one attached hydrogen (secondary N) is 1. The van der Waals surface area contributed by atoms with Crippen LogP contribution in [0.5, 0.6) is 5.75 Å². The fourth-order valence-electron chi connectivity index (χ4n) is 2.38. The molecule has 0 spiro atoms. The first-order chi connectivity index (χ1) is 8.98. The first-order valence-corrected chi connectivity index (χ1v) is 7.29. The molecule has 1 rings (SSSR count). The van der Waals surface area contributed by atoms with Crippen molar-refractivity contribution in [2.45, 2.75) is 65.2 Å². The zero-order valence-corrected chi connectivity index (χ0v) is 14.0. The van der Waals surface area contributed by atoms with Crippen LogP contribution >= 0.6 is 0 Å². The van der Waals surface area contributed by atoms with Gasteiger partial charge in [0.1, 0.15) is 5.75 Å². The van der Waals surface area contributed by atoms with E-state index in [0.29, 0.717) is 11.7 Å². The molecule has 0 aliphatic rings. The minimum absolute atomic E-state index is 0.0873. The Labute approximate surface area is 123 Å². The SMILES string of the molecule is CC(CNN)c1cc(C(C)(C)C)c(O)c(C(C)(C)C)c1. The van der Waals surface area contributed by atoms with Gasteiger partial charge in [-0.2, -0.15) is 0 Å². The Morgan fingerprint density at radius 1 is 1.05 bits per heavy atom. The molecule has 0 aliphatic heterocycles. The average molecular weight is 278 g/mol. The topological polar surface area (TPSA) is 58.3 Å². The Morgan fingerprint density at radius 3 is 1.75 bits per heavy atom. The van der Waals surface area contributed by atoms with Gasteiger partial charge < -0.3 is 5.11 Å². The van der Waals surface area contributed by atoms with Crippen molar-refractivity contribution in [3.8, 4) is 5.75 Å². The van der Waals surface area contributed by atoms with E-state index in [1.807, 2.05) is 0 Å². The van der Waals surface area contributed by atoms with Crippen molar-refractivity contribution in [1.29, 1.82) is 0 Å². The lowest BCUT2D eigenvalue weighted by atomic mass is 9.77. The Bertz CT molecular complexity index is 432. The molecule has 0 fully saturated rings. The summed E-state index contributed by atoms with van der Waals surface area (Å²) in [4.78, 5) is 0. The summed E-state index contributed by atoms with van der Waals surface area (Å²) in [7, 11) is 0. The molecule has 4 N–H and O–H groups in total. The first kappa shape index (κ1) is 17.0. The van der Waals surface area contributed by atoms with Crippen LogP contribution < -0.4 is 11.3 Å². The molecule has 0 amide bonds. The Balaban J connectivity index is 3.50. The molecule has 0 saturated heterocycles. The van der Waals surface area contributed by atoms with Crippen LogP contribution in [0.3, 0.4) is 0 Å². The maximum absolute atomic E-state index is 10.7. The van der Waals surface area contributed by atoms with Crippen LogP contribution in [0, 0.1) is 0 Å². The van der Waals surface area contributed by atoms with Gasteiger partial charge in [0.15, 0.2) is 0 Å². The summed E-state index contributed by atoms with van der Waals surface area (Å²) >= 11 is 0. The molecule has 1 atom stereocenters. The van der Waals surface area contributed by atoms with Gasteiger partial charge in [-0.25, -0.2) is 0 Å². The highest BCUT2D eigenvalue weighted by atomic mass is 16.3. The van der Waals surface area contributed by atoms with Crippen LogP contribution in [-0.4, -0.2) is 11.7 Å². The van der Waals surface area contributed by atoms with Gasteiger partial charge in [-0.15, -0.1) is 0 Å². The predicted molar refractivity (Wildman–Crippen MR) is 86.1 cm³/mol. The average Bonchev–Trinajstić information content (AvgIpc) is 2.26. The quantitative estimate of drug-likeness (QED) is 0.585. The number of hydrogen-bond acceptors (Lipinski definition) is 3. The van der Waals surface area contributed by atoms with Crippen LogP contribution in [0.4, 0.5) is 0 Å². The second-order valence-corrected chi connectivity index (χ2v) is 7.77. The summed E-state index contributed by atoms with van der Waals surface area (Å²) < 4.78 is 0. The van der Waals surface area contributed by atoms with Gasteiger partial charge in [-0.05, 0) is 33.4 Å². The molecule has 3 heteroatoms. The first-order valence-electron chi connectivity index (χ1n) is 7.29. The van der Waals surface area contributed by atoms with Crippen molar-refractivity contribution >= 4 is 0 Å². The Kier molecular flexibility index (Phi) is 4.88. The minimum atomic E-state index is -0.0873. The summed E-state index contributed by atoms with van der Waals surface area (Å²) in [5.41, 5.74) is 5.78. The van der Waals surface area contributed by atoms with E-state index < -0.39 is 0 Å². The van der Waals surface area contributed by atoms with Crippen LogP contribution in [0.15, 0.2) is 12.1 Å². The molecule has 1 aromatic rings. The van der Waals surface area contributed by atoms with Gasteiger partial charge in [0.05, 0.1) is 0 Å². The lowest BCUT2D eigenvalue weighted by Crippen LogP contribution is -2.27. The third-order valence-corrected chi connectivity index (χ3v) is 3.74. The summed E-state index contributed by atoms with van der Waals surface area (Å²) in [6.07, 6.45) is 0. The number of rotatable bonds is 3. The summed E-state index contributed by atoms with van der Waals surface area (Å²) in [6.45, 7) is 15.6. The lowest BCUT2D eigenvalue weighted by Gasteiger charge is -2.29. The van der Waals surface area contributed by atoms with Gasteiger partial charge in [0.2, 0.25) is 0 Å². The van der Waals surface area contributed by atoms with Crippen molar-refractivity contribution in [1.82, 2.24) is 5.43 Å². The maximum Gasteiger partial charge on any atom is 0.123 e. The number of phenols is 1. The molecule has 1 aromatic carbocycles. The molecule has 0 heterocycles. The van der Waals surface area contributed by atoms with Crippen molar-refractivity contribution in [3.05, 3.63) is 28.8 Å². The van der Waals surface area contributed by atoms with E-state index in [1.54, 1.807) is 0 Å². The van der Waals surface area contributed by atoms with Crippen molar-refractivity contribution in [2.24, 2.45) is 5.84 Å². The molecule has 0 aliphatic carbocycles. The predicted octanol–water partition coefficient (Wildman–Crippen LogP) is 3.55. The fourth-order valence-corrected chi connectivity index (χ4v) is 2.38. The highest BCUT2D eigenvalue weighted by Crippen LogP contribution is 2.40. The third kappa shape index (κ3) is 3.74. The standard InChI is InChI=1S/C17H30N2O/c1-11(10-19-18)12-8-13(16(2,3)4)15(20)14(9-12)17(5,6)7/h8-9,11,19-20H,10,18H2,1-7H3. The molecule has 0 saturated carbocycles. The number of aromatic hydroxyl groups is 1. The summed E-state index contributed by atoms with van der Waals surface area (Å²) in [5, 5.41) is 10.7. The van der Waals surface area contributed by atoms with Gasteiger partial charge >= 0.3 is 0 Å². The van der Waals surface area contributed by atoms with Crippen molar-refractivity contribution < 1.29 is 5.11 Å². The maximum atomic E-state index is 10.7. The van der Waals surface area contributed by atoms with Crippen LogP contribution in [0.2, 0.25) is 0 Å². The number of hydrazine groups is 1. The third-order valence-electron chi connectivity index (χ3n) is 3.74. The highest BCUT2D eigenvalue weighted by Gasteiger charge is 2.27. The molecule has 0 radical (unpaired) electrons. The molecule has 0 bridgehead atoms. The Morgan fingerprint density at radius 2 is 1.45 bits per heavy atom. The van der Waals surface area contributed by atoms with Crippen LogP contribution in [0.1, 0.15) is 71.1 Å². The van der Waals surface area contributed by atoms with Crippen molar-refractivity contribution in [2.75, 3.05) is 6.54 Å². The Hall–Kier alpha value is -1.06. The highest BCUT2D eigenvalue weighted by molar-refractivity contribution is 5.50. The zero-order chi connectivity index (χ0) is 15.7. The van der Waals surface area contributed by atoms with Crippen LogP contribution in [0.25, 0.3) is 0 Å². The van der Waals surface area contributed by atoms with Gasteiger partial charge in [0, 0.05) is 6.54 Å². The monoisotopic (exact) mass is 278 g/mol. The summed E-state index contributed by atoms with van der Waals surface area (Å²) in [5.74, 6) is 6.19. The van der Waals surface area contributed by atoms with Gasteiger partial charge in [-0.3, -0.25) is 11.3 Å². The normalized spacial score (nSPS) is 14.4. The van der Waals surface area contributed by atoms with E-state index in [9.17, 15) is 5.11 Å².